The highest BCUT2D eigenvalue weighted by atomic mass is 35.5. The minimum absolute atomic E-state index is 0.0964. The fraction of sp³-hybridized carbons (Fsp3) is 0.793. The monoisotopic (exact) mass is 564 g/mol. The van der Waals surface area contributed by atoms with Gasteiger partial charge in [0.15, 0.2) is 6.10 Å². The van der Waals surface area contributed by atoms with E-state index in [2.05, 4.69) is 0 Å². The number of alkyl halides is 2. The van der Waals surface area contributed by atoms with E-state index in [0.717, 1.165) is 44.9 Å². The average Bonchev–Trinajstić information content (AvgIpc) is 2.89. The molecule has 0 radical (unpaired) electrons. The minimum Gasteiger partial charge on any atom is -0.376 e. The first-order chi connectivity index (χ1) is 18.3. The summed E-state index contributed by atoms with van der Waals surface area (Å²) in [6, 6.07) is 5.76. The van der Waals surface area contributed by atoms with Gasteiger partial charge in [-0.25, -0.2) is 0 Å². The molecule has 0 unspecified atom stereocenters. The maximum atomic E-state index is 16.3. The Kier molecular flexibility index (Phi) is 15.0. The van der Waals surface area contributed by atoms with Crippen molar-refractivity contribution in [1.29, 1.82) is 0 Å². The molecule has 1 fully saturated rings. The Morgan fingerprint density at radius 2 is 1.37 bits per heavy atom. The van der Waals surface area contributed by atoms with Crippen LogP contribution >= 0.6 is 11.6 Å². The lowest BCUT2D eigenvalue weighted by atomic mass is 9.87. The van der Waals surface area contributed by atoms with Crippen LogP contribution in [0.4, 0.5) is 8.78 Å². The van der Waals surface area contributed by atoms with Gasteiger partial charge in [0.25, 0.3) is 0 Å². The molecule has 0 saturated carbocycles. The van der Waals surface area contributed by atoms with E-state index in [0.29, 0.717) is 26.2 Å². The molecule has 1 aliphatic rings. The largest absolute Gasteiger partial charge is 0.376 e. The lowest BCUT2D eigenvalue weighted by molar-refractivity contribution is -0.398. The van der Waals surface area contributed by atoms with Gasteiger partial charge < -0.3 is 28.8 Å². The summed E-state index contributed by atoms with van der Waals surface area (Å²) in [6.45, 7) is 8.91. The quantitative estimate of drug-likeness (QED) is 0.185. The van der Waals surface area contributed by atoms with E-state index in [1.54, 1.807) is 6.07 Å². The lowest BCUT2D eigenvalue weighted by Crippen LogP contribution is -2.70. The zero-order valence-electron chi connectivity index (χ0n) is 23.4. The Balaban J connectivity index is 2.55. The van der Waals surface area contributed by atoms with Gasteiger partial charge in [-0.05, 0) is 31.7 Å². The molecule has 220 valence electrons. The normalized spacial score (nSPS) is 26.1. The van der Waals surface area contributed by atoms with E-state index in [1.807, 2.05) is 27.7 Å². The van der Waals surface area contributed by atoms with E-state index in [9.17, 15) is 5.11 Å². The van der Waals surface area contributed by atoms with Gasteiger partial charge in [0, 0.05) is 37.0 Å². The molecule has 9 heteroatoms. The van der Waals surface area contributed by atoms with E-state index in [4.69, 9.17) is 35.3 Å². The number of halogens is 3. The maximum absolute atomic E-state index is 16.3. The van der Waals surface area contributed by atoms with Crippen molar-refractivity contribution in [3.63, 3.8) is 0 Å². The first-order valence-corrected chi connectivity index (χ1v) is 14.6. The third kappa shape index (κ3) is 9.08. The predicted molar refractivity (Wildman–Crippen MR) is 145 cm³/mol. The Morgan fingerprint density at radius 1 is 0.842 bits per heavy atom. The van der Waals surface area contributed by atoms with Gasteiger partial charge in [0.05, 0.1) is 0 Å². The number of hydrogen-bond acceptors (Lipinski definition) is 6. The average molecular weight is 565 g/mol. The Labute approximate surface area is 232 Å². The highest BCUT2D eigenvalue weighted by Gasteiger charge is 2.63. The number of ether oxygens (including phenoxy) is 5. The second-order valence-corrected chi connectivity index (χ2v) is 10.3. The fourth-order valence-electron chi connectivity index (χ4n) is 4.37. The number of unbranched alkanes of at least 4 members (excludes halogenated alkanes) is 4. The van der Waals surface area contributed by atoms with Crippen LogP contribution in [0.5, 0.6) is 0 Å². The molecule has 1 aromatic rings. The molecular formula is C29H47ClF2O6. The molecular weight excluding hydrogens is 518 g/mol. The predicted octanol–water partition coefficient (Wildman–Crippen LogP) is 6.89. The maximum Gasteiger partial charge on any atom is 0.303 e. The summed E-state index contributed by atoms with van der Waals surface area (Å²) < 4.78 is 62.7. The van der Waals surface area contributed by atoms with Crippen LogP contribution in [0, 0.1) is 0 Å². The van der Waals surface area contributed by atoms with Crippen molar-refractivity contribution in [3.05, 3.63) is 34.9 Å². The van der Waals surface area contributed by atoms with E-state index >= 15 is 8.78 Å². The smallest absolute Gasteiger partial charge is 0.303 e. The summed E-state index contributed by atoms with van der Waals surface area (Å²) in [5.41, 5.74) is -0.400. The van der Waals surface area contributed by atoms with Gasteiger partial charge in [-0.2, -0.15) is 8.78 Å². The zero-order chi connectivity index (χ0) is 28.0. The van der Waals surface area contributed by atoms with Crippen LogP contribution in [0.2, 0.25) is 5.02 Å². The summed E-state index contributed by atoms with van der Waals surface area (Å²) >= 11 is 6.22. The van der Waals surface area contributed by atoms with Gasteiger partial charge in [-0.3, -0.25) is 0 Å². The van der Waals surface area contributed by atoms with Crippen molar-refractivity contribution < 1.29 is 37.6 Å². The summed E-state index contributed by atoms with van der Waals surface area (Å²) in [5.74, 6) is -5.79. The molecule has 6 nitrogen and oxygen atoms in total. The highest BCUT2D eigenvalue weighted by molar-refractivity contribution is 6.31. The number of rotatable bonds is 19. The molecule has 38 heavy (non-hydrogen) atoms. The molecule has 0 amide bonds. The summed E-state index contributed by atoms with van der Waals surface area (Å²) in [6.07, 6.45) is 1.11. The van der Waals surface area contributed by atoms with Crippen molar-refractivity contribution in [2.24, 2.45) is 0 Å². The van der Waals surface area contributed by atoms with E-state index in [-0.39, 0.29) is 18.2 Å². The highest BCUT2D eigenvalue weighted by Crippen LogP contribution is 2.46. The first kappa shape index (κ1) is 33.3. The van der Waals surface area contributed by atoms with Gasteiger partial charge in [-0.15, -0.1) is 0 Å². The van der Waals surface area contributed by atoms with Crippen LogP contribution in [-0.4, -0.2) is 68.3 Å². The summed E-state index contributed by atoms with van der Waals surface area (Å²) in [7, 11) is 0. The number of aliphatic hydroxyl groups is 1. The Morgan fingerprint density at radius 3 is 1.95 bits per heavy atom. The van der Waals surface area contributed by atoms with Crippen molar-refractivity contribution >= 4 is 11.6 Å². The van der Waals surface area contributed by atoms with Gasteiger partial charge >= 0.3 is 5.92 Å². The van der Waals surface area contributed by atoms with Gasteiger partial charge in [-0.1, -0.05) is 83.2 Å². The third-order valence-corrected chi connectivity index (χ3v) is 6.98. The molecule has 1 N–H and O–H groups in total. The SMILES string of the molecule is CCCCOC[C@@]1(O)O[C@@H](C(F)(F)c2ccccc2Cl)[C@H](OCCCC)[C@@H](OCCCC)[C@@H]1OCCCC. The molecule has 1 aliphatic heterocycles. The topological polar surface area (TPSA) is 66.4 Å². The molecule has 1 saturated heterocycles. The van der Waals surface area contributed by atoms with Crippen LogP contribution in [0.15, 0.2) is 24.3 Å². The van der Waals surface area contributed by atoms with Crippen molar-refractivity contribution in [1.82, 2.24) is 0 Å². The zero-order valence-corrected chi connectivity index (χ0v) is 24.2. The van der Waals surface area contributed by atoms with Crippen LogP contribution in [0.3, 0.4) is 0 Å². The van der Waals surface area contributed by atoms with E-state index < -0.39 is 41.7 Å². The van der Waals surface area contributed by atoms with Crippen molar-refractivity contribution in [2.75, 3.05) is 33.0 Å². The summed E-state index contributed by atoms with van der Waals surface area (Å²) in [4.78, 5) is 0. The Bertz CT molecular complexity index is 785. The first-order valence-electron chi connectivity index (χ1n) is 14.2. The second-order valence-electron chi connectivity index (χ2n) is 9.92. The number of benzene rings is 1. The van der Waals surface area contributed by atoms with Crippen LogP contribution in [0.25, 0.3) is 0 Å². The Hall–Kier alpha value is -0.870. The molecule has 0 spiro atoms. The van der Waals surface area contributed by atoms with Crippen molar-refractivity contribution in [3.8, 4) is 0 Å². The van der Waals surface area contributed by atoms with Crippen LogP contribution in [-0.2, 0) is 29.6 Å². The lowest BCUT2D eigenvalue weighted by Gasteiger charge is -2.51. The second kappa shape index (κ2) is 17.1. The molecule has 0 bridgehead atoms. The molecule has 5 atom stereocenters. The fourth-order valence-corrected chi connectivity index (χ4v) is 4.63. The van der Waals surface area contributed by atoms with Crippen LogP contribution < -0.4 is 0 Å². The van der Waals surface area contributed by atoms with Gasteiger partial charge in [0.2, 0.25) is 5.79 Å². The summed E-state index contributed by atoms with van der Waals surface area (Å²) in [5, 5.41) is 11.7. The molecule has 0 aromatic heterocycles. The third-order valence-electron chi connectivity index (χ3n) is 6.65. The van der Waals surface area contributed by atoms with Crippen molar-refractivity contribution in [2.45, 2.75) is 115 Å². The molecule has 1 heterocycles. The standard InChI is InChI=1S/C29H47ClF2O6/c1-5-9-17-34-21-28(33)26(37-20-12-8-4)24(35-18-10-6-2)25(36-19-11-7-3)27(38-28)29(31,32)22-15-13-14-16-23(22)30/h13-16,24-27,33H,5-12,17-21H2,1-4H3/t24-,25-,26+,27-,28-/m1/s1. The van der Waals surface area contributed by atoms with E-state index in [1.165, 1.54) is 18.2 Å². The van der Waals surface area contributed by atoms with Gasteiger partial charge in [0.1, 0.15) is 24.9 Å². The minimum atomic E-state index is -3.60. The number of hydrogen-bond donors (Lipinski definition) is 1. The van der Waals surface area contributed by atoms with Crippen LogP contribution in [0.1, 0.15) is 84.6 Å². The molecule has 0 aliphatic carbocycles. The molecule has 2 rings (SSSR count). The molecule has 1 aromatic carbocycles.